The quantitative estimate of drug-likeness (QED) is 0.832. The SMILES string of the molecule is O=C(NC[C@@H]1CC[C@H]2NCCO[C@H]12)c1ccco1. The van der Waals surface area contributed by atoms with Crippen LogP contribution in [0.5, 0.6) is 0 Å². The van der Waals surface area contributed by atoms with Gasteiger partial charge in [-0.25, -0.2) is 0 Å². The summed E-state index contributed by atoms with van der Waals surface area (Å²) in [5.74, 6) is 0.626. The van der Waals surface area contributed by atoms with Gasteiger partial charge in [0.15, 0.2) is 5.76 Å². The molecule has 98 valence electrons. The Balaban J connectivity index is 1.53. The van der Waals surface area contributed by atoms with Crippen molar-refractivity contribution in [3.8, 4) is 0 Å². The van der Waals surface area contributed by atoms with Crippen LogP contribution in [0, 0.1) is 5.92 Å². The maximum absolute atomic E-state index is 11.8. The van der Waals surface area contributed by atoms with Crippen molar-refractivity contribution in [2.75, 3.05) is 19.7 Å². The van der Waals surface area contributed by atoms with E-state index in [1.165, 1.54) is 6.26 Å². The summed E-state index contributed by atoms with van der Waals surface area (Å²) in [5.41, 5.74) is 0. The Morgan fingerprint density at radius 1 is 1.50 bits per heavy atom. The second-order valence-electron chi connectivity index (χ2n) is 4.92. The summed E-state index contributed by atoms with van der Waals surface area (Å²) in [6.07, 6.45) is 3.98. The molecule has 1 aliphatic heterocycles. The minimum absolute atomic E-state index is 0.146. The molecule has 0 spiro atoms. The van der Waals surface area contributed by atoms with E-state index in [9.17, 15) is 4.79 Å². The molecule has 5 heteroatoms. The summed E-state index contributed by atoms with van der Waals surface area (Å²) in [4.78, 5) is 11.8. The van der Waals surface area contributed by atoms with Gasteiger partial charge >= 0.3 is 0 Å². The average Bonchev–Trinajstić information content (AvgIpc) is 3.06. The average molecular weight is 250 g/mol. The molecule has 1 amide bonds. The number of morpholine rings is 1. The Morgan fingerprint density at radius 3 is 3.28 bits per heavy atom. The highest BCUT2D eigenvalue weighted by Crippen LogP contribution is 2.29. The molecular formula is C13H18N2O3. The number of ether oxygens (including phenoxy) is 1. The summed E-state index contributed by atoms with van der Waals surface area (Å²) in [6, 6.07) is 3.85. The first kappa shape index (κ1) is 11.7. The van der Waals surface area contributed by atoms with Crippen molar-refractivity contribution in [1.82, 2.24) is 10.6 Å². The maximum Gasteiger partial charge on any atom is 0.286 e. The second kappa shape index (κ2) is 5.12. The van der Waals surface area contributed by atoms with Gasteiger partial charge in [-0.3, -0.25) is 4.79 Å². The zero-order chi connectivity index (χ0) is 12.4. The molecule has 3 rings (SSSR count). The molecule has 1 aromatic heterocycles. The van der Waals surface area contributed by atoms with Gasteiger partial charge in [0.05, 0.1) is 19.0 Å². The van der Waals surface area contributed by atoms with Crippen LogP contribution in [0.15, 0.2) is 22.8 Å². The largest absolute Gasteiger partial charge is 0.459 e. The molecule has 0 bridgehead atoms. The lowest BCUT2D eigenvalue weighted by Crippen LogP contribution is -2.48. The van der Waals surface area contributed by atoms with Crippen molar-refractivity contribution in [3.63, 3.8) is 0 Å². The lowest BCUT2D eigenvalue weighted by molar-refractivity contribution is -0.0138. The van der Waals surface area contributed by atoms with Crippen molar-refractivity contribution in [2.24, 2.45) is 5.92 Å². The Morgan fingerprint density at radius 2 is 2.44 bits per heavy atom. The van der Waals surface area contributed by atoms with E-state index < -0.39 is 0 Å². The number of rotatable bonds is 3. The number of hydrogen-bond acceptors (Lipinski definition) is 4. The van der Waals surface area contributed by atoms with Crippen molar-refractivity contribution in [1.29, 1.82) is 0 Å². The minimum atomic E-state index is -0.146. The number of hydrogen-bond donors (Lipinski definition) is 2. The Hall–Kier alpha value is -1.33. The zero-order valence-corrected chi connectivity index (χ0v) is 10.2. The number of amides is 1. The molecule has 0 aromatic carbocycles. The number of nitrogens with one attached hydrogen (secondary N) is 2. The van der Waals surface area contributed by atoms with Crippen LogP contribution in [-0.2, 0) is 4.74 Å². The number of furan rings is 1. The lowest BCUT2D eigenvalue weighted by Gasteiger charge is -2.30. The highest BCUT2D eigenvalue weighted by Gasteiger charge is 2.38. The van der Waals surface area contributed by atoms with E-state index in [0.29, 0.717) is 24.3 Å². The van der Waals surface area contributed by atoms with Gasteiger partial charge in [0.1, 0.15) is 0 Å². The standard InChI is InChI=1S/C13H18N2O3/c16-13(11-2-1-6-17-11)15-8-9-3-4-10-12(9)18-7-5-14-10/h1-2,6,9-10,12,14H,3-5,7-8H2,(H,15,16)/t9-,10+,12+/m0/s1. The van der Waals surface area contributed by atoms with Gasteiger partial charge in [0.25, 0.3) is 5.91 Å². The summed E-state index contributed by atoms with van der Waals surface area (Å²) in [6.45, 7) is 2.36. The summed E-state index contributed by atoms with van der Waals surface area (Å²) < 4.78 is 10.9. The van der Waals surface area contributed by atoms with Gasteiger partial charge in [-0.05, 0) is 25.0 Å². The van der Waals surface area contributed by atoms with Crippen LogP contribution >= 0.6 is 0 Å². The van der Waals surface area contributed by atoms with Crippen LogP contribution < -0.4 is 10.6 Å². The third kappa shape index (κ3) is 2.28. The van der Waals surface area contributed by atoms with Crippen LogP contribution in [0.1, 0.15) is 23.4 Å². The van der Waals surface area contributed by atoms with E-state index in [4.69, 9.17) is 9.15 Å². The van der Waals surface area contributed by atoms with Crippen LogP contribution in [0.4, 0.5) is 0 Å². The Labute approximate surface area is 106 Å². The highest BCUT2D eigenvalue weighted by molar-refractivity contribution is 5.91. The third-order valence-electron chi connectivity index (χ3n) is 3.80. The van der Waals surface area contributed by atoms with E-state index in [-0.39, 0.29) is 12.0 Å². The van der Waals surface area contributed by atoms with Crippen LogP contribution in [-0.4, -0.2) is 37.7 Å². The molecule has 2 N–H and O–H groups in total. The normalized spacial score (nSPS) is 31.0. The first-order valence-electron chi connectivity index (χ1n) is 6.51. The van der Waals surface area contributed by atoms with E-state index in [1.54, 1.807) is 12.1 Å². The van der Waals surface area contributed by atoms with Gasteiger partial charge in [-0.1, -0.05) is 0 Å². The topological polar surface area (TPSA) is 63.5 Å². The van der Waals surface area contributed by atoms with E-state index in [0.717, 1.165) is 26.0 Å². The molecule has 1 aromatic rings. The second-order valence-corrected chi connectivity index (χ2v) is 4.92. The van der Waals surface area contributed by atoms with E-state index >= 15 is 0 Å². The molecule has 2 heterocycles. The summed E-state index contributed by atoms with van der Waals surface area (Å²) >= 11 is 0. The predicted molar refractivity (Wildman–Crippen MR) is 65.3 cm³/mol. The molecule has 1 saturated carbocycles. The van der Waals surface area contributed by atoms with Gasteiger partial charge in [-0.2, -0.15) is 0 Å². The first-order chi connectivity index (χ1) is 8.84. The van der Waals surface area contributed by atoms with Crippen molar-refractivity contribution in [3.05, 3.63) is 24.2 Å². The monoisotopic (exact) mass is 250 g/mol. The van der Waals surface area contributed by atoms with Crippen LogP contribution in [0.3, 0.4) is 0 Å². The third-order valence-corrected chi connectivity index (χ3v) is 3.80. The Bertz CT molecular complexity index is 404. The van der Waals surface area contributed by atoms with E-state index in [2.05, 4.69) is 10.6 Å². The molecule has 3 atom stereocenters. The minimum Gasteiger partial charge on any atom is -0.459 e. The molecule has 1 saturated heterocycles. The van der Waals surface area contributed by atoms with Crippen LogP contribution in [0.25, 0.3) is 0 Å². The maximum atomic E-state index is 11.8. The molecule has 0 unspecified atom stereocenters. The number of carbonyl (C=O) groups is 1. The number of carbonyl (C=O) groups excluding carboxylic acids is 1. The molecule has 0 radical (unpaired) electrons. The summed E-state index contributed by atoms with van der Waals surface area (Å²) in [5, 5.41) is 6.39. The van der Waals surface area contributed by atoms with Crippen molar-refractivity contribution < 1.29 is 13.9 Å². The van der Waals surface area contributed by atoms with Crippen LogP contribution in [0.2, 0.25) is 0 Å². The highest BCUT2D eigenvalue weighted by atomic mass is 16.5. The van der Waals surface area contributed by atoms with Crippen molar-refractivity contribution >= 4 is 5.91 Å². The molecule has 18 heavy (non-hydrogen) atoms. The van der Waals surface area contributed by atoms with Gasteiger partial charge in [0.2, 0.25) is 0 Å². The predicted octanol–water partition coefficient (Wildman–Crippen LogP) is 0.776. The van der Waals surface area contributed by atoms with Crippen molar-refractivity contribution in [2.45, 2.75) is 25.0 Å². The van der Waals surface area contributed by atoms with Gasteiger partial charge < -0.3 is 19.8 Å². The molecular weight excluding hydrogens is 232 g/mol. The zero-order valence-electron chi connectivity index (χ0n) is 10.2. The lowest BCUT2D eigenvalue weighted by atomic mass is 10.0. The van der Waals surface area contributed by atoms with E-state index in [1.807, 2.05) is 0 Å². The fraction of sp³-hybridized carbons (Fsp3) is 0.615. The fourth-order valence-electron chi connectivity index (χ4n) is 2.90. The molecule has 2 aliphatic rings. The molecule has 5 nitrogen and oxygen atoms in total. The number of fused-ring (bicyclic) bond motifs is 1. The molecule has 1 aliphatic carbocycles. The first-order valence-corrected chi connectivity index (χ1v) is 6.51. The molecule has 2 fully saturated rings. The summed E-state index contributed by atoms with van der Waals surface area (Å²) in [7, 11) is 0. The fourth-order valence-corrected chi connectivity index (χ4v) is 2.90. The smallest absolute Gasteiger partial charge is 0.286 e. The van der Waals surface area contributed by atoms with Gasteiger partial charge in [0, 0.05) is 25.0 Å². The van der Waals surface area contributed by atoms with Gasteiger partial charge in [-0.15, -0.1) is 0 Å². The Kier molecular flexibility index (Phi) is 3.34.